The van der Waals surface area contributed by atoms with Crippen LogP contribution in [0.1, 0.15) is 30.2 Å². The summed E-state index contributed by atoms with van der Waals surface area (Å²) in [4.78, 5) is 5.44. The van der Waals surface area contributed by atoms with Gasteiger partial charge in [0.05, 0.1) is 16.5 Å². The summed E-state index contributed by atoms with van der Waals surface area (Å²) in [7, 11) is -3.37. The van der Waals surface area contributed by atoms with Crippen molar-refractivity contribution < 1.29 is 12.9 Å². The van der Waals surface area contributed by atoms with Crippen LogP contribution < -0.4 is 0 Å². The molecule has 26 heavy (non-hydrogen) atoms. The molecule has 1 saturated heterocycles. The van der Waals surface area contributed by atoms with Gasteiger partial charge in [0.2, 0.25) is 21.7 Å². The average Bonchev–Trinajstić information content (AvgIpc) is 3.34. The van der Waals surface area contributed by atoms with Crippen molar-refractivity contribution in [3.8, 4) is 10.7 Å². The summed E-state index contributed by atoms with van der Waals surface area (Å²) >= 11 is 1.55. The Bertz CT molecular complexity index is 953. The minimum absolute atomic E-state index is 0.0187. The number of rotatable bonds is 5. The predicted octanol–water partition coefficient (Wildman–Crippen LogP) is 3.51. The molecule has 1 aliphatic heterocycles. The fourth-order valence-corrected chi connectivity index (χ4v) is 5.44. The van der Waals surface area contributed by atoms with Crippen LogP contribution in [-0.4, -0.2) is 36.0 Å². The summed E-state index contributed by atoms with van der Waals surface area (Å²) in [6.45, 7) is 0.929. The van der Waals surface area contributed by atoms with Gasteiger partial charge in [0.25, 0.3) is 0 Å². The highest BCUT2D eigenvalue weighted by molar-refractivity contribution is 7.88. The fourth-order valence-electron chi connectivity index (χ4n) is 3.18. The zero-order chi connectivity index (χ0) is 18.0. The molecular formula is C18H19N3O3S2. The van der Waals surface area contributed by atoms with Crippen molar-refractivity contribution in [1.82, 2.24) is 14.4 Å². The molecule has 0 amide bonds. The SMILES string of the molecule is O=S(=O)(Cc1ccccc1)N1CCC[C@H](c2nc(-c3cccs3)no2)C1. The van der Waals surface area contributed by atoms with Crippen molar-refractivity contribution in [3.63, 3.8) is 0 Å². The van der Waals surface area contributed by atoms with E-state index in [4.69, 9.17) is 4.52 Å². The highest BCUT2D eigenvalue weighted by Gasteiger charge is 2.32. The zero-order valence-electron chi connectivity index (χ0n) is 14.1. The molecule has 1 fully saturated rings. The molecule has 2 aromatic heterocycles. The number of piperidine rings is 1. The number of thiophene rings is 1. The lowest BCUT2D eigenvalue weighted by atomic mass is 10.00. The van der Waals surface area contributed by atoms with Gasteiger partial charge in [-0.3, -0.25) is 0 Å². The van der Waals surface area contributed by atoms with Gasteiger partial charge in [-0.05, 0) is 29.9 Å². The third-order valence-corrected chi connectivity index (χ3v) is 7.18. The van der Waals surface area contributed by atoms with Crippen molar-refractivity contribution in [2.45, 2.75) is 24.5 Å². The minimum atomic E-state index is -3.37. The van der Waals surface area contributed by atoms with Crippen LogP contribution in [0.2, 0.25) is 0 Å². The highest BCUT2D eigenvalue weighted by Crippen LogP contribution is 2.30. The Balaban J connectivity index is 1.49. The van der Waals surface area contributed by atoms with Gasteiger partial charge in [-0.25, -0.2) is 12.7 Å². The fraction of sp³-hybridized carbons (Fsp3) is 0.333. The summed E-state index contributed by atoms with van der Waals surface area (Å²) in [5, 5.41) is 6.01. The molecular weight excluding hydrogens is 370 g/mol. The lowest BCUT2D eigenvalue weighted by Gasteiger charge is -2.30. The topological polar surface area (TPSA) is 76.3 Å². The summed E-state index contributed by atoms with van der Waals surface area (Å²) in [5.41, 5.74) is 0.799. The lowest BCUT2D eigenvalue weighted by Crippen LogP contribution is -2.39. The van der Waals surface area contributed by atoms with Gasteiger partial charge in [0, 0.05) is 13.1 Å². The quantitative estimate of drug-likeness (QED) is 0.667. The van der Waals surface area contributed by atoms with E-state index in [1.165, 1.54) is 0 Å². The van der Waals surface area contributed by atoms with E-state index in [2.05, 4.69) is 10.1 Å². The van der Waals surface area contributed by atoms with Gasteiger partial charge < -0.3 is 4.52 Å². The molecule has 0 N–H and O–H groups in total. The molecule has 6 nitrogen and oxygen atoms in total. The van der Waals surface area contributed by atoms with Gasteiger partial charge >= 0.3 is 0 Å². The van der Waals surface area contributed by atoms with E-state index in [9.17, 15) is 8.42 Å². The van der Waals surface area contributed by atoms with Gasteiger partial charge in [-0.2, -0.15) is 4.98 Å². The maximum Gasteiger partial charge on any atom is 0.231 e. The van der Waals surface area contributed by atoms with Crippen LogP contribution in [0, 0.1) is 0 Å². The van der Waals surface area contributed by atoms with E-state index >= 15 is 0 Å². The van der Waals surface area contributed by atoms with Crippen molar-refractivity contribution in [2.24, 2.45) is 0 Å². The van der Waals surface area contributed by atoms with Crippen LogP contribution in [0.3, 0.4) is 0 Å². The summed E-state index contributed by atoms with van der Waals surface area (Å²) in [5.74, 6) is 1.05. The van der Waals surface area contributed by atoms with Crippen LogP contribution in [-0.2, 0) is 15.8 Å². The average molecular weight is 390 g/mol. The summed E-state index contributed by atoms with van der Waals surface area (Å²) < 4.78 is 32.6. The number of benzene rings is 1. The molecule has 1 atom stereocenters. The molecule has 0 bridgehead atoms. The van der Waals surface area contributed by atoms with Crippen molar-refractivity contribution in [3.05, 3.63) is 59.3 Å². The van der Waals surface area contributed by atoms with Gasteiger partial charge in [0.15, 0.2) is 0 Å². The van der Waals surface area contributed by atoms with Crippen LogP contribution in [0.15, 0.2) is 52.4 Å². The molecule has 136 valence electrons. The standard InChI is InChI=1S/C18H19N3O3S2/c22-26(23,13-14-6-2-1-3-7-14)21-10-4-8-15(12-21)18-19-17(20-24-18)16-9-5-11-25-16/h1-3,5-7,9,11,15H,4,8,10,12-13H2/t15-/m0/s1. The maximum atomic E-state index is 12.8. The van der Waals surface area contributed by atoms with Crippen molar-refractivity contribution in [1.29, 1.82) is 0 Å². The van der Waals surface area contributed by atoms with Crippen LogP contribution in [0.25, 0.3) is 10.7 Å². The first-order valence-corrected chi connectivity index (χ1v) is 11.0. The second-order valence-corrected chi connectivity index (χ2v) is 9.29. The number of nitrogens with zero attached hydrogens (tertiary/aromatic N) is 3. The molecule has 4 rings (SSSR count). The highest BCUT2D eigenvalue weighted by atomic mass is 32.2. The normalized spacial score (nSPS) is 18.8. The number of hydrogen-bond donors (Lipinski definition) is 0. The molecule has 0 radical (unpaired) electrons. The second-order valence-electron chi connectivity index (χ2n) is 6.37. The first-order valence-electron chi connectivity index (χ1n) is 8.51. The number of sulfonamides is 1. The van der Waals surface area contributed by atoms with Crippen molar-refractivity contribution >= 4 is 21.4 Å². The molecule has 0 aliphatic carbocycles. The molecule has 8 heteroatoms. The zero-order valence-corrected chi connectivity index (χ0v) is 15.7. The molecule has 0 unspecified atom stereocenters. The lowest BCUT2D eigenvalue weighted by molar-refractivity contribution is 0.265. The Hall–Kier alpha value is -2.03. The number of hydrogen-bond acceptors (Lipinski definition) is 6. The van der Waals surface area contributed by atoms with Crippen LogP contribution in [0.4, 0.5) is 0 Å². The summed E-state index contributed by atoms with van der Waals surface area (Å²) in [6.07, 6.45) is 1.64. The molecule has 1 aliphatic rings. The van der Waals surface area contributed by atoms with E-state index in [1.54, 1.807) is 15.6 Å². The molecule has 0 spiro atoms. The first-order chi connectivity index (χ1) is 12.6. The predicted molar refractivity (Wildman–Crippen MR) is 100 cm³/mol. The second kappa shape index (κ2) is 7.30. The van der Waals surface area contributed by atoms with Gasteiger partial charge in [-0.15, -0.1) is 11.3 Å². The van der Waals surface area contributed by atoms with Crippen LogP contribution in [0.5, 0.6) is 0 Å². The molecule has 0 saturated carbocycles. The van der Waals surface area contributed by atoms with Gasteiger partial charge in [-0.1, -0.05) is 41.6 Å². The third kappa shape index (κ3) is 3.72. The largest absolute Gasteiger partial charge is 0.339 e. The van der Waals surface area contributed by atoms with Crippen LogP contribution >= 0.6 is 11.3 Å². The van der Waals surface area contributed by atoms with E-state index in [0.29, 0.717) is 24.8 Å². The Morgan fingerprint density at radius 1 is 1.19 bits per heavy atom. The smallest absolute Gasteiger partial charge is 0.231 e. The molecule has 3 aromatic rings. The first kappa shape index (κ1) is 17.4. The number of aromatic nitrogens is 2. The third-order valence-electron chi connectivity index (χ3n) is 4.50. The Labute approximate surface area is 156 Å². The van der Waals surface area contributed by atoms with E-state index in [1.807, 2.05) is 47.8 Å². The van der Waals surface area contributed by atoms with E-state index < -0.39 is 10.0 Å². The Morgan fingerprint density at radius 3 is 2.81 bits per heavy atom. The summed E-state index contributed by atoms with van der Waals surface area (Å²) in [6, 6.07) is 13.1. The Morgan fingerprint density at radius 2 is 2.04 bits per heavy atom. The van der Waals surface area contributed by atoms with E-state index in [-0.39, 0.29) is 11.7 Å². The Kier molecular flexibility index (Phi) is 4.88. The minimum Gasteiger partial charge on any atom is -0.339 e. The molecule has 1 aromatic carbocycles. The molecule has 3 heterocycles. The monoisotopic (exact) mass is 389 g/mol. The maximum absolute atomic E-state index is 12.8. The van der Waals surface area contributed by atoms with Crippen molar-refractivity contribution in [2.75, 3.05) is 13.1 Å². The van der Waals surface area contributed by atoms with E-state index in [0.717, 1.165) is 23.3 Å². The van der Waals surface area contributed by atoms with Gasteiger partial charge in [0.1, 0.15) is 0 Å².